The zero-order valence-electron chi connectivity index (χ0n) is 17.8. The van der Waals surface area contributed by atoms with Crippen LogP contribution in [0.25, 0.3) is 0 Å². The number of sulfonamides is 1. The molecule has 1 heterocycles. The van der Waals surface area contributed by atoms with Crippen LogP contribution in [0.4, 0.5) is 5.69 Å². The summed E-state index contributed by atoms with van der Waals surface area (Å²) in [6, 6.07) is 14.5. The van der Waals surface area contributed by atoms with Gasteiger partial charge >= 0.3 is 0 Å². The van der Waals surface area contributed by atoms with Crippen LogP contribution in [0, 0.1) is 0 Å². The quantitative estimate of drug-likeness (QED) is 0.718. The molecule has 0 spiro atoms. The van der Waals surface area contributed by atoms with Gasteiger partial charge in [0.25, 0.3) is 10.0 Å². The van der Waals surface area contributed by atoms with Gasteiger partial charge in [0, 0.05) is 32.1 Å². The lowest BCUT2D eigenvalue weighted by molar-refractivity contribution is -0.116. The van der Waals surface area contributed by atoms with E-state index in [1.807, 2.05) is 11.9 Å². The minimum atomic E-state index is -3.81. The van der Waals surface area contributed by atoms with Gasteiger partial charge in [-0.3, -0.25) is 4.79 Å². The number of amidine groups is 1. The standard InChI is InChI=1S/C23H29N3O3S/c1-17(2)19-12-9-18(10-13-19)11-14-23(27)24-20-6-4-7-21(16-20)30(28,29)25-22-8-5-15-26(22)3/h4,6-7,9-10,12-13,16-17H,5,8,11,14-15H2,1-3H3,(H,24,27)/b25-22-. The first kappa shape index (κ1) is 22.0. The summed E-state index contributed by atoms with van der Waals surface area (Å²) in [6.07, 6.45) is 2.51. The highest BCUT2D eigenvalue weighted by Gasteiger charge is 2.20. The summed E-state index contributed by atoms with van der Waals surface area (Å²) >= 11 is 0. The molecule has 0 unspecified atom stereocenters. The molecular formula is C23H29N3O3S. The van der Waals surface area contributed by atoms with Crippen molar-refractivity contribution >= 4 is 27.5 Å². The maximum absolute atomic E-state index is 12.6. The van der Waals surface area contributed by atoms with Crippen molar-refractivity contribution in [1.29, 1.82) is 0 Å². The maximum atomic E-state index is 12.6. The topological polar surface area (TPSA) is 78.8 Å². The molecule has 1 fully saturated rings. The third-order valence-electron chi connectivity index (χ3n) is 5.26. The highest BCUT2D eigenvalue weighted by molar-refractivity contribution is 7.90. The molecule has 1 saturated heterocycles. The lowest BCUT2D eigenvalue weighted by Crippen LogP contribution is -2.20. The number of carbonyl (C=O) groups is 1. The second-order valence-electron chi connectivity index (χ2n) is 7.98. The fraction of sp³-hybridized carbons (Fsp3) is 0.391. The van der Waals surface area contributed by atoms with Crippen LogP contribution in [-0.2, 0) is 21.2 Å². The van der Waals surface area contributed by atoms with Crippen molar-refractivity contribution in [2.75, 3.05) is 18.9 Å². The number of benzene rings is 2. The Morgan fingerprint density at radius 2 is 1.90 bits per heavy atom. The third-order valence-corrected chi connectivity index (χ3v) is 6.56. The van der Waals surface area contributed by atoms with Crippen molar-refractivity contribution < 1.29 is 13.2 Å². The molecule has 0 saturated carbocycles. The normalized spacial score (nSPS) is 15.7. The summed E-state index contributed by atoms with van der Waals surface area (Å²) in [5, 5.41) is 2.79. The first-order valence-electron chi connectivity index (χ1n) is 10.3. The van der Waals surface area contributed by atoms with Crippen LogP contribution in [0.15, 0.2) is 57.8 Å². The number of hydrogen-bond acceptors (Lipinski definition) is 3. The molecule has 1 aliphatic heterocycles. The minimum absolute atomic E-state index is 0.0809. The van der Waals surface area contributed by atoms with Crippen LogP contribution in [-0.4, -0.2) is 38.7 Å². The molecule has 1 aliphatic rings. The molecule has 1 N–H and O–H groups in total. The van der Waals surface area contributed by atoms with E-state index in [1.54, 1.807) is 12.1 Å². The van der Waals surface area contributed by atoms with Gasteiger partial charge in [-0.1, -0.05) is 44.2 Å². The molecule has 1 amide bonds. The molecule has 160 valence electrons. The SMILES string of the molecule is CC(C)c1ccc(CCC(=O)Nc2cccc(S(=O)(=O)/N=C3/CCCN3C)c2)cc1. The first-order chi connectivity index (χ1) is 14.2. The van der Waals surface area contributed by atoms with Gasteiger partial charge in [0.15, 0.2) is 0 Å². The van der Waals surface area contributed by atoms with Crippen molar-refractivity contribution in [2.24, 2.45) is 4.40 Å². The van der Waals surface area contributed by atoms with E-state index in [9.17, 15) is 13.2 Å². The zero-order chi connectivity index (χ0) is 21.7. The molecule has 3 rings (SSSR count). The molecular weight excluding hydrogens is 398 g/mol. The molecule has 2 aromatic rings. The summed E-state index contributed by atoms with van der Waals surface area (Å²) in [7, 11) is -1.96. The fourth-order valence-electron chi connectivity index (χ4n) is 3.39. The largest absolute Gasteiger partial charge is 0.362 e. The Morgan fingerprint density at radius 3 is 2.53 bits per heavy atom. The van der Waals surface area contributed by atoms with Crippen LogP contribution < -0.4 is 5.32 Å². The number of hydrogen-bond donors (Lipinski definition) is 1. The molecule has 0 radical (unpaired) electrons. The van der Waals surface area contributed by atoms with Gasteiger partial charge in [-0.2, -0.15) is 8.42 Å². The molecule has 6 nitrogen and oxygen atoms in total. The predicted molar refractivity (Wildman–Crippen MR) is 120 cm³/mol. The summed E-state index contributed by atoms with van der Waals surface area (Å²) in [5.74, 6) is 0.900. The molecule has 2 aromatic carbocycles. The number of carbonyl (C=O) groups excluding carboxylic acids is 1. The number of nitrogens with one attached hydrogen (secondary N) is 1. The number of nitrogens with zero attached hydrogens (tertiary/aromatic N) is 2. The van der Waals surface area contributed by atoms with Crippen LogP contribution in [0.3, 0.4) is 0 Å². The highest BCUT2D eigenvalue weighted by atomic mass is 32.2. The van der Waals surface area contributed by atoms with E-state index in [4.69, 9.17) is 0 Å². The summed E-state index contributed by atoms with van der Waals surface area (Å²) in [4.78, 5) is 14.3. The third kappa shape index (κ3) is 5.69. The minimum Gasteiger partial charge on any atom is -0.362 e. The number of likely N-dealkylation sites (tertiary alicyclic amines) is 1. The first-order valence-corrected chi connectivity index (χ1v) is 11.7. The fourth-order valence-corrected chi connectivity index (χ4v) is 4.53. The Balaban J connectivity index is 1.62. The smallest absolute Gasteiger partial charge is 0.284 e. The van der Waals surface area contributed by atoms with E-state index in [0.717, 1.165) is 18.5 Å². The Morgan fingerprint density at radius 1 is 1.17 bits per heavy atom. The van der Waals surface area contributed by atoms with Crippen LogP contribution in [0.5, 0.6) is 0 Å². The number of amides is 1. The molecule has 0 bridgehead atoms. The molecule has 7 heteroatoms. The van der Waals surface area contributed by atoms with E-state index in [0.29, 0.717) is 36.7 Å². The van der Waals surface area contributed by atoms with Gasteiger partial charge in [-0.15, -0.1) is 4.40 Å². The highest BCUT2D eigenvalue weighted by Crippen LogP contribution is 2.21. The monoisotopic (exact) mass is 427 g/mol. The predicted octanol–water partition coefficient (Wildman–Crippen LogP) is 4.19. The van der Waals surface area contributed by atoms with E-state index in [1.165, 1.54) is 17.7 Å². The van der Waals surface area contributed by atoms with Gasteiger partial charge in [0.1, 0.15) is 5.84 Å². The van der Waals surface area contributed by atoms with Crippen LogP contribution in [0.2, 0.25) is 0 Å². The van der Waals surface area contributed by atoms with Gasteiger partial charge in [-0.05, 0) is 48.1 Å². The Kier molecular flexibility index (Phi) is 6.92. The molecule has 0 aromatic heterocycles. The number of rotatable bonds is 7. The van der Waals surface area contributed by atoms with E-state index in [2.05, 4.69) is 47.8 Å². The van der Waals surface area contributed by atoms with Crippen molar-refractivity contribution in [3.63, 3.8) is 0 Å². The number of anilines is 1. The van der Waals surface area contributed by atoms with Crippen molar-refractivity contribution in [3.05, 3.63) is 59.7 Å². The average Bonchev–Trinajstić information content (AvgIpc) is 3.11. The summed E-state index contributed by atoms with van der Waals surface area (Å²) in [6.45, 7) is 5.11. The Labute approximate surface area is 179 Å². The van der Waals surface area contributed by atoms with Crippen LogP contribution >= 0.6 is 0 Å². The second kappa shape index (κ2) is 9.43. The number of aryl methyl sites for hydroxylation is 1. The summed E-state index contributed by atoms with van der Waals surface area (Å²) < 4.78 is 29.2. The van der Waals surface area contributed by atoms with Crippen molar-refractivity contribution in [2.45, 2.75) is 50.3 Å². The summed E-state index contributed by atoms with van der Waals surface area (Å²) in [5.41, 5.74) is 2.83. The van der Waals surface area contributed by atoms with Gasteiger partial charge < -0.3 is 10.2 Å². The average molecular weight is 428 g/mol. The van der Waals surface area contributed by atoms with E-state index in [-0.39, 0.29) is 10.8 Å². The van der Waals surface area contributed by atoms with E-state index < -0.39 is 10.0 Å². The lowest BCUT2D eigenvalue weighted by atomic mass is 10.0. The van der Waals surface area contributed by atoms with Crippen molar-refractivity contribution in [3.8, 4) is 0 Å². The van der Waals surface area contributed by atoms with Gasteiger partial charge in [0.2, 0.25) is 5.91 Å². The molecule has 0 atom stereocenters. The maximum Gasteiger partial charge on any atom is 0.284 e. The van der Waals surface area contributed by atoms with Crippen LogP contribution in [0.1, 0.15) is 50.2 Å². The second-order valence-corrected chi connectivity index (χ2v) is 9.58. The van der Waals surface area contributed by atoms with E-state index >= 15 is 0 Å². The lowest BCUT2D eigenvalue weighted by Gasteiger charge is -2.11. The zero-order valence-corrected chi connectivity index (χ0v) is 18.6. The Hall–Kier alpha value is -2.67. The molecule has 0 aliphatic carbocycles. The van der Waals surface area contributed by atoms with Gasteiger partial charge in [-0.25, -0.2) is 0 Å². The molecule has 30 heavy (non-hydrogen) atoms. The van der Waals surface area contributed by atoms with Crippen molar-refractivity contribution in [1.82, 2.24) is 4.90 Å². The van der Waals surface area contributed by atoms with Gasteiger partial charge in [0.05, 0.1) is 4.90 Å². The Bertz CT molecular complexity index is 1030.